The topological polar surface area (TPSA) is 68.5 Å². The van der Waals surface area contributed by atoms with Gasteiger partial charge < -0.3 is 15.4 Å². The second-order valence-electron chi connectivity index (χ2n) is 5.81. The van der Waals surface area contributed by atoms with Crippen LogP contribution in [0.25, 0.3) is 0 Å². The number of nitrogen functional groups attached to an aromatic ring is 1. The molecule has 1 aromatic rings. The summed E-state index contributed by atoms with van der Waals surface area (Å²) in [7, 11) is 1.35. The second-order valence-corrected chi connectivity index (χ2v) is 5.81. The molecule has 5 nitrogen and oxygen atoms in total. The third-order valence-electron chi connectivity index (χ3n) is 2.82. The molecule has 0 aliphatic carbocycles. The number of aromatic nitrogens is 1. The minimum Gasteiger partial charge on any atom is -0.465 e. The lowest BCUT2D eigenvalue weighted by Crippen LogP contribution is -2.32. The molecule has 1 rings (SSSR count). The van der Waals surface area contributed by atoms with Gasteiger partial charge in [0.25, 0.3) is 0 Å². The standard InChI is InChI=1S/C15H25N3O2/c1-10(2)8-18(9-11(3)4)14-6-12(15(19)20-5)13(16)7-17-14/h6-7,10-11H,8-9,16H2,1-5H3. The summed E-state index contributed by atoms with van der Waals surface area (Å²) in [6.07, 6.45) is 1.52. The molecule has 1 aromatic heterocycles. The number of esters is 1. The van der Waals surface area contributed by atoms with Gasteiger partial charge in [-0.1, -0.05) is 27.7 Å². The Hall–Kier alpha value is -1.78. The molecule has 20 heavy (non-hydrogen) atoms. The average Bonchev–Trinajstić information content (AvgIpc) is 2.36. The Morgan fingerprint density at radius 1 is 1.30 bits per heavy atom. The van der Waals surface area contributed by atoms with Crippen molar-refractivity contribution in [1.82, 2.24) is 4.98 Å². The van der Waals surface area contributed by atoms with Gasteiger partial charge in [0.1, 0.15) is 5.82 Å². The molecule has 0 aliphatic heterocycles. The summed E-state index contributed by atoms with van der Waals surface area (Å²) in [6.45, 7) is 10.4. The molecule has 112 valence electrons. The quantitative estimate of drug-likeness (QED) is 0.811. The van der Waals surface area contributed by atoms with Gasteiger partial charge in [-0.25, -0.2) is 9.78 Å². The molecule has 0 saturated carbocycles. The molecule has 1 heterocycles. The fourth-order valence-electron chi connectivity index (χ4n) is 2.06. The molecule has 0 radical (unpaired) electrons. The number of methoxy groups -OCH3 is 1. The molecule has 2 N–H and O–H groups in total. The van der Waals surface area contributed by atoms with Gasteiger partial charge >= 0.3 is 5.97 Å². The van der Waals surface area contributed by atoms with Crippen LogP contribution in [-0.4, -0.2) is 31.2 Å². The fourth-order valence-corrected chi connectivity index (χ4v) is 2.06. The zero-order valence-electron chi connectivity index (χ0n) is 13.0. The maximum atomic E-state index is 11.7. The molecule has 0 amide bonds. The SMILES string of the molecule is COC(=O)c1cc(N(CC(C)C)CC(C)C)ncc1N. The van der Waals surface area contributed by atoms with E-state index < -0.39 is 5.97 Å². The van der Waals surface area contributed by atoms with Gasteiger partial charge in [0, 0.05) is 13.1 Å². The van der Waals surface area contributed by atoms with Crippen molar-refractivity contribution >= 4 is 17.5 Å². The van der Waals surface area contributed by atoms with E-state index in [1.807, 2.05) is 0 Å². The number of hydrogen-bond acceptors (Lipinski definition) is 5. The molecule has 0 saturated heterocycles. The van der Waals surface area contributed by atoms with E-state index >= 15 is 0 Å². The minimum atomic E-state index is -0.430. The van der Waals surface area contributed by atoms with Crippen LogP contribution in [0.1, 0.15) is 38.1 Å². The summed E-state index contributed by atoms with van der Waals surface area (Å²) in [6, 6.07) is 1.71. The van der Waals surface area contributed by atoms with Gasteiger partial charge in [0.05, 0.1) is 24.6 Å². The predicted molar refractivity (Wildman–Crippen MR) is 81.9 cm³/mol. The van der Waals surface area contributed by atoms with Crippen LogP contribution in [0.2, 0.25) is 0 Å². The first-order valence-corrected chi connectivity index (χ1v) is 6.93. The Balaban J connectivity index is 3.09. The van der Waals surface area contributed by atoms with E-state index in [2.05, 4.69) is 37.6 Å². The van der Waals surface area contributed by atoms with Crippen LogP contribution in [0, 0.1) is 11.8 Å². The van der Waals surface area contributed by atoms with Crippen LogP contribution >= 0.6 is 0 Å². The Morgan fingerprint density at radius 2 is 1.85 bits per heavy atom. The molecule has 0 atom stereocenters. The summed E-state index contributed by atoms with van der Waals surface area (Å²) in [5.41, 5.74) is 6.50. The van der Waals surface area contributed by atoms with E-state index in [4.69, 9.17) is 10.5 Å². The largest absolute Gasteiger partial charge is 0.465 e. The van der Waals surface area contributed by atoms with E-state index in [0.717, 1.165) is 18.9 Å². The van der Waals surface area contributed by atoms with Crippen molar-refractivity contribution in [2.24, 2.45) is 11.8 Å². The Bertz CT molecular complexity index is 448. The highest BCUT2D eigenvalue weighted by atomic mass is 16.5. The molecule has 5 heteroatoms. The third kappa shape index (κ3) is 4.40. The van der Waals surface area contributed by atoms with Crippen molar-refractivity contribution in [2.45, 2.75) is 27.7 Å². The van der Waals surface area contributed by atoms with Crippen LogP contribution in [0.3, 0.4) is 0 Å². The average molecular weight is 279 g/mol. The first-order valence-electron chi connectivity index (χ1n) is 6.93. The molecule has 0 unspecified atom stereocenters. The van der Waals surface area contributed by atoms with Gasteiger partial charge in [-0.05, 0) is 17.9 Å². The van der Waals surface area contributed by atoms with Crippen LogP contribution in [0.15, 0.2) is 12.3 Å². The maximum absolute atomic E-state index is 11.7. The summed E-state index contributed by atoms with van der Waals surface area (Å²) in [5.74, 6) is 1.35. The summed E-state index contributed by atoms with van der Waals surface area (Å²) in [4.78, 5) is 18.2. The summed E-state index contributed by atoms with van der Waals surface area (Å²) >= 11 is 0. The zero-order valence-corrected chi connectivity index (χ0v) is 13.0. The zero-order chi connectivity index (χ0) is 15.3. The van der Waals surface area contributed by atoms with Crippen molar-refractivity contribution in [3.63, 3.8) is 0 Å². The highest BCUT2D eigenvalue weighted by molar-refractivity contribution is 5.95. The summed E-state index contributed by atoms with van der Waals surface area (Å²) in [5, 5.41) is 0. The number of carbonyl (C=O) groups excluding carboxylic acids is 1. The van der Waals surface area contributed by atoms with Gasteiger partial charge in [-0.15, -0.1) is 0 Å². The van der Waals surface area contributed by atoms with Crippen LogP contribution in [0.5, 0.6) is 0 Å². The highest BCUT2D eigenvalue weighted by Crippen LogP contribution is 2.21. The van der Waals surface area contributed by atoms with Crippen molar-refractivity contribution in [1.29, 1.82) is 0 Å². The first kappa shape index (κ1) is 16.3. The van der Waals surface area contributed by atoms with Crippen molar-refractivity contribution < 1.29 is 9.53 Å². The number of nitrogens with two attached hydrogens (primary N) is 1. The van der Waals surface area contributed by atoms with Crippen molar-refractivity contribution in [3.8, 4) is 0 Å². The smallest absolute Gasteiger partial charge is 0.340 e. The summed E-state index contributed by atoms with van der Waals surface area (Å²) < 4.78 is 4.75. The second kappa shape index (κ2) is 7.12. The molecular formula is C15H25N3O2. The number of anilines is 2. The minimum absolute atomic E-state index is 0.342. The number of hydrogen-bond donors (Lipinski definition) is 1. The molecule has 0 bridgehead atoms. The molecular weight excluding hydrogens is 254 g/mol. The monoisotopic (exact) mass is 279 g/mol. The number of nitrogens with zero attached hydrogens (tertiary/aromatic N) is 2. The highest BCUT2D eigenvalue weighted by Gasteiger charge is 2.16. The number of rotatable bonds is 6. The third-order valence-corrected chi connectivity index (χ3v) is 2.82. The van der Waals surface area contributed by atoms with Gasteiger partial charge in [-0.2, -0.15) is 0 Å². The lowest BCUT2D eigenvalue weighted by Gasteiger charge is -2.27. The van der Waals surface area contributed by atoms with Crippen LogP contribution < -0.4 is 10.6 Å². The van der Waals surface area contributed by atoms with Gasteiger partial charge in [-0.3, -0.25) is 0 Å². The lowest BCUT2D eigenvalue weighted by molar-refractivity contribution is 0.0602. The first-order chi connectivity index (χ1) is 9.35. The Morgan fingerprint density at radius 3 is 2.30 bits per heavy atom. The van der Waals surface area contributed by atoms with Crippen molar-refractivity contribution in [3.05, 3.63) is 17.8 Å². The van der Waals surface area contributed by atoms with E-state index in [0.29, 0.717) is 23.1 Å². The molecule has 0 spiro atoms. The molecule has 0 aliphatic rings. The van der Waals surface area contributed by atoms with E-state index in [1.54, 1.807) is 6.07 Å². The molecule has 0 aromatic carbocycles. The van der Waals surface area contributed by atoms with E-state index in [-0.39, 0.29) is 0 Å². The van der Waals surface area contributed by atoms with Crippen LogP contribution in [-0.2, 0) is 4.74 Å². The maximum Gasteiger partial charge on any atom is 0.340 e. The van der Waals surface area contributed by atoms with E-state index in [9.17, 15) is 4.79 Å². The number of pyridine rings is 1. The Labute approximate surface area is 121 Å². The van der Waals surface area contributed by atoms with Crippen molar-refractivity contribution in [2.75, 3.05) is 30.8 Å². The van der Waals surface area contributed by atoms with Gasteiger partial charge in [0.15, 0.2) is 0 Å². The Kier molecular flexibility index (Phi) is 5.80. The van der Waals surface area contributed by atoms with Crippen LogP contribution in [0.4, 0.5) is 11.5 Å². The van der Waals surface area contributed by atoms with Gasteiger partial charge in [0.2, 0.25) is 0 Å². The fraction of sp³-hybridized carbons (Fsp3) is 0.600. The van der Waals surface area contributed by atoms with E-state index in [1.165, 1.54) is 13.3 Å². The number of carbonyl (C=O) groups is 1. The normalized spacial score (nSPS) is 10.9. The number of ether oxygens (including phenoxy) is 1. The molecule has 0 fully saturated rings. The lowest BCUT2D eigenvalue weighted by atomic mass is 10.1. The predicted octanol–water partition coefficient (Wildman–Crippen LogP) is 2.57.